The summed E-state index contributed by atoms with van der Waals surface area (Å²) in [6, 6.07) is 16.6. The van der Waals surface area contributed by atoms with Gasteiger partial charge in [0.25, 0.3) is 5.91 Å². The average molecular weight is 449 g/mol. The number of aliphatic hydroxyl groups is 1. The standard InChI is InChI=1S/C27H32N2O4/c1-3-15-29-16-14-26(22-10-7-11-24(17-22)33-20(2)30)18-23(12-13-27(26,32)19-29)28-25(31)21-8-5-4-6-9-21/h3-11,17,23,32H,1,12-16,18-19H2,2H3,(H,28,31)/t23-,26?,27?/m1/s1. The number of amides is 1. The molecule has 2 aromatic carbocycles. The lowest BCUT2D eigenvalue weighted by molar-refractivity contribution is -0.131. The Balaban J connectivity index is 1.66. The quantitative estimate of drug-likeness (QED) is 0.402. The van der Waals surface area contributed by atoms with Crippen molar-refractivity contribution in [2.24, 2.45) is 0 Å². The van der Waals surface area contributed by atoms with Crippen molar-refractivity contribution in [3.05, 3.63) is 78.4 Å². The molecule has 1 amide bonds. The van der Waals surface area contributed by atoms with Gasteiger partial charge in [-0.2, -0.15) is 0 Å². The number of likely N-dealkylation sites (tertiary alicyclic amines) is 1. The second-order valence-corrected chi connectivity index (χ2v) is 9.29. The number of hydrogen-bond donors (Lipinski definition) is 2. The maximum atomic E-state index is 12.9. The number of nitrogens with zero attached hydrogens (tertiary/aromatic N) is 1. The predicted octanol–water partition coefficient (Wildman–Crippen LogP) is 3.46. The number of carbonyl (C=O) groups is 2. The fourth-order valence-corrected chi connectivity index (χ4v) is 5.60. The summed E-state index contributed by atoms with van der Waals surface area (Å²) in [5, 5.41) is 15.2. The first-order valence-electron chi connectivity index (χ1n) is 11.6. The van der Waals surface area contributed by atoms with E-state index in [-0.39, 0.29) is 17.9 Å². The number of hydrogen-bond acceptors (Lipinski definition) is 5. The number of benzene rings is 2. The Hall–Kier alpha value is -2.96. The number of carbonyl (C=O) groups excluding carboxylic acids is 2. The van der Waals surface area contributed by atoms with E-state index in [0.29, 0.717) is 37.1 Å². The minimum absolute atomic E-state index is 0.0682. The summed E-state index contributed by atoms with van der Waals surface area (Å²) in [4.78, 5) is 26.6. The van der Waals surface area contributed by atoms with Crippen LogP contribution in [-0.2, 0) is 10.2 Å². The normalized spacial score (nSPS) is 27.3. The third-order valence-electron chi connectivity index (χ3n) is 7.14. The van der Waals surface area contributed by atoms with Gasteiger partial charge >= 0.3 is 5.97 Å². The van der Waals surface area contributed by atoms with Crippen molar-refractivity contribution >= 4 is 11.9 Å². The molecule has 1 saturated heterocycles. The van der Waals surface area contributed by atoms with Gasteiger partial charge in [0.15, 0.2) is 0 Å². The van der Waals surface area contributed by atoms with Crippen LogP contribution in [0.5, 0.6) is 5.75 Å². The van der Waals surface area contributed by atoms with Crippen LogP contribution >= 0.6 is 0 Å². The summed E-state index contributed by atoms with van der Waals surface area (Å²) < 4.78 is 5.35. The first kappa shape index (κ1) is 23.2. The second-order valence-electron chi connectivity index (χ2n) is 9.29. The van der Waals surface area contributed by atoms with Crippen molar-refractivity contribution in [1.29, 1.82) is 0 Å². The van der Waals surface area contributed by atoms with Crippen LogP contribution < -0.4 is 10.1 Å². The summed E-state index contributed by atoms with van der Waals surface area (Å²) in [6.07, 6.45) is 4.48. The van der Waals surface area contributed by atoms with Gasteiger partial charge < -0.3 is 15.2 Å². The summed E-state index contributed by atoms with van der Waals surface area (Å²) in [5.74, 6) is -0.00278. The number of esters is 1. The van der Waals surface area contributed by atoms with Gasteiger partial charge in [-0.15, -0.1) is 6.58 Å². The van der Waals surface area contributed by atoms with Crippen molar-refractivity contribution in [1.82, 2.24) is 10.2 Å². The highest BCUT2D eigenvalue weighted by molar-refractivity contribution is 5.94. The van der Waals surface area contributed by atoms with Crippen LogP contribution in [0.15, 0.2) is 67.3 Å². The maximum absolute atomic E-state index is 12.9. The summed E-state index contributed by atoms with van der Waals surface area (Å²) in [7, 11) is 0. The van der Waals surface area contributed by atoms with E-state index in [1.807, 2.05) is 42.5 Å². The summed E-state index contributed by atoms with van der Waals surface area (Å²) >= 11 is 0. The van der Waals surface area contributed by atoms with Crippen LogP contribution in [0.25, 0.3) is 0 Å². The first-order chi connectivity index (χ1) is 15.8. The van der Waals surface area contributed by atoms with Crippen LogP contribution in [-0.4, -0.2) is 53.2 Å². The smallest absolute Gasteiger partial charge is 0.308 e. The van der Waals surface area contributed by atoms with E-state index in [4.69, 9.17) is 4.74 Å². The van der Waals surface area contributed by atoms with Crippen LogP contribution in [0.1, 0.15) is 48.5 Å². The van der Waals surface area contributed by atoms with Gasteiger partial charge in [-0.1, -0.05) is 36.4 Å². The summed E-state index contributed by atoms with van der Waals surface area (Å²) in [6.45, 7) is 7.30. The van der Waals surface area contributed by atoms with E-state index in [1.54, 1.807) is 18.2 Å². The van der Waals surface area contributed by atoms with Gasteiger partial charge in [0.2, 0.25) is 0 Å². The Kier molecular flexibility index (Phi) is 6.68. The molecule has 3 atom stereocenters. The highest BCUT2D eigenvalue weighted by atomic mass is 16.5. The molecular formula is C27H32N2O4. The molecule has 2 unspecified atom stereocenters. The molecule has 0 aromatic heterocycles. The lowest BCUT2D eigenvalue weighted by Crippen LogP contribution is -2.67. The van der Waals surface area contributed by atoms with E-state index in [9.17, 15) is 14.7 Å². The number of rotatable bonds is 6. The highest BCUT2D eigenvalue weighted by Crippen LogP contribution is 2.52. The van der Waals surface area contributed by atoms with Crippen LogP contribution in [0, 0.1) is 0 Å². The van der Waals surface area contributed by atoms with Gasteiger partial charge in [0.1, 0.15) is 5.75 Å². The zero-order valence-electron chi connectivity index (χ0n) is 19.1. The maximum Gasteiger partial charge on any atom is 0.308 e. The first-order valence-corrected chi connectivity index (χ1v) is 11.6. The minimum atomic E-state index is -0.961. The molecule has 4 rings (SSSR count). The van der Waals surface area contributed by atoms with E-state index in [2.05, 4.69) is 16.8 Å². The number of ether oxygens (including phenoxy) is 1. The topological polar surface area (TPSA) is 78.9 Å². The number of piperidine rings is 1. The fraction of sp³-hybridized carbons (Fsp3) is 0.407. The lowest BCUT2D eigenvalue weighted by atomic mass is 9.55. The van der Waals surface area contributed by atoms with Crippen LogP contribution in [0.2, 0.25) is 0 Å². The molecule has 0 spiro atoms. The second kappa shape index (κ2) is 9.49. The third kappa shape index (κ3) is 4.72. The van der Waals surface area contributed by atoms with Gasteiger partial charge in [-0.3, -0.25) is 14.5 Å². The molecule has 1 aliphatic carbocycles. The van der Waals surface area contributed by atoms with Crippen LogP contribution in [0.3, 0.4) is 0 Å². The molecule has 174 valence electrons. The monoisotopic (exact) mass is 448 g/mol. The summed E-state index contributed by atoms with van der Waals surface area (Å²) in [5.41, 5.74) is 0.0517. The number of β-amino-alcohol motifs (C(OH)–C–C–N with tert-alkyl or cyclic N) is 1. The van der Waals surface area contributed by atoms with Gasteiger partial charge in [0.05, 0.1) is 5.60 Å². The largest absolute Gasteiger partial charge is 0.427 e. The minimum Gasteiger partial charge on any atom is -0.427 e. The average Bonchev–Trinajstić information content (AvgIpc) is 2.80. The molecule has 2 N–H and O–H groups in total. The van der Waals surface area contributed by atoms with Crippen molar-refractivity contribution in [2.75, 3.05) is 19.6 Å². The molecule has 6 heteroatoms. The molecular weight excluding hydrogens is 416 g/mol. The molecule has 33 heavy (non-hydrogen) atoms. The molecule has 0 radical (unpaired) electrons. The fourth-order valence-electron chi connectivity index (χ4n) is 5.60. The van der Waals surface area contributed by atoms with Crippen molar-refractivity contribution in [2.45, 2.75) is 49.7 Å². The molecule has 1 aliphatic heterocycles. The van der Waals surface area contributed by atoms with Gasteiger partial charge in [0, 0.05) is 37.0 Å². The van der Waals surface area contributed by atoms with E-state index in [1.165, 1.54) is 6.92 Å². The Morgan fingerprint density at radius 2 is 2.00 bits per heavy atom. The Morgan fingerprint density at radius 1 is 1.21 bits per heavy atom. The number of fused-ring (bicyclic) bond motifs is 1. The SMILES string of the molecule is C=CCN1CCC2(c3cccc(OC(C)=O)c3)C[C@H](NC(=O)c3ccccc3)CCC2(O)C1. The third-order valence-corrected chi connectivity index (χ3v) is 7.14. The number of nitrogens with one attached hydrogen (secondary N) is 1. The molecule has 6 nitrogen and oxygen atoms in total. The van der Waals surface area contributed by atoms with E-state index in [0.717, 1.165) is 25.1 Å². The Morgan fingerprint density at radius 3 is 2.73 bits per heavy atom. The predicted molar refractivity (Wildman–Crippen MR) is 127 cm³/mol. The zero-order valence-corrected chi connectivity index (χ0v) is 19.1. The van der Waals surface area contributed by atoms with E-state index >= 15 is 0 Å². The molecule has 1 heterocycles. The van der Waals surface area contributed by atoms with Gasteiger partial charge in [-0.05, 0) is 62.1 Å². The Bertz CT molecular complexity index is 1020. The Labute approximate surface area is 195 Å². The van der Waals surface area contributed by atoms with Gasteiger partial charge in [-0.25, -0.2) is 0 Å². The molecule has 2 aliphatic rings. The van der Waals surface area contributed by atoms with Crippen molar-refractivity contribution < 1.29 is 19.4 Å². The highest BCUT2D eigenvalue weighted by Gasteiger charge is 2.57. The van der Waals surface area contributed by atoms with Crippen molar-refractivity contribution in [3.63, 3.8) is 0 Å². The lowest BCUT2D eigenvalue weighted by Gasteiger charge is -2.58. The molecule has 0 bridgehead atoms. The molecule has 2 aromatic rings. The molecule has 2 fully saturated rings. The molecule has 1 saturated carbocycles. The van der Waals surface area contributed by atoms with E-state index < -0.39 is 11.0 Å². The van der Waals surface area contributed by atoms with Crippen molar-refractivity contribution in [3.8, 4) is 5.75 Å². The zero-order chi connectivity index (χ0) is 23.5. The van der Waals surface area contributed by atoms with Crippen LogP contribution in [0.4, 0.5) is 0 Å².